The zero-order valence-electron chi connectivity index (χ0n) is 11.8. The van der Waals surface area contributed by atoms with Crippen LogP contribution in [-0.2, 0) is 17.6 Å². The Bertz CT molecular complexity index is 461. The van der Waals surface area contributed by atoms with Crippen molar-refractivity contribution in [1.82, 2.24) is 10.7 Å². The van der Waals surface area contributed by atoms with Crippen LogP contribution in [0.25, 0.3) is 0 Å². The Labute approximate surface area is 125 Å². The molecule has 0 radical (unpaired) electrons. The van der Waals surface area contributed by atoms with Crippen molar-refractivity contribution in [2.45, 2.75) is 26.2 Å². The van der Waals surface area contributed by atoms with E-state index in [1.165, 1.54) is 11.1 Å². The Morgan fingerprint density at radius 3 is 2.65 bits per heavy atom. The van der Waals surface area contributed by atoms with E-state index in [1.807, 2.05) is 6.92 Å². The van der Waals surface area contributed by atoms with Crippen LogP contribution < -0.4 is 10.7 Å². The number of fused-ring (bicyclic) bond motifs is 1. The average molecular weight is 291 g/mol. The van der Waals surface area contributed by atoms with Crippen molar-refractivity contribution in [1.29, 1.82) is 0 Å². The zero-order chi connectivity index (χ0) is 14.2. The third-order valence-corrected chi connectivity index (χ3v) is 3.41. The summed E-state index contributed by atoms with van der Waals surface area (Å²) in [7, 11) is 0. The summed E-state index contributed by atoms with van der Waals surface area (Å²) in [6.45, 7) is 4.32. The van der Waals surface area contributed by atoms with Crippen molar-refractivity contribution in [3.8, 4) is 0 Å². The van der Waals surface area contributed by atoms with Gasteiger partial charge in [-0.3, -0.25) is 5.43 Å². The van der Waals surface area contributed by atoms with Gasteiger partial charge >= 0.3 is 0 Å². The van der Waals surface area contributed by atoms with E-state index in [-0.39, 0.29) is 0 Å². The van der Waals surface area contributed by atoms with Crippen LogP contribution in [0.15, 0.2) is 29.4 Å². The first-order valence-electron chi connectivity index (χ1n) is 7.03. The Morgan fingerprint density at radius 1 is 1.30 bits per heavy atom. The standard InChI is InChI=1S/C15H21N3OS/c1-2-19-9-5-8-16-15(20)18-17-14-10-12-6-3-4-7-13(12)11-14/h3-4,6-7H,2,5,8-11H2,1H3,(H2,16,18,20). The van der Waals surface area contributed by atoms with Crippen molar-refractivity contribution in [3.05, 3.63) is 35.4 Å². The smallest absolute Gasteiger partial charge is 0.186 e. The molecule has 0 amide bonds. The molecule has 0 bridgehead atoms. The molecule has 1 aromatic rings. The summed E-state index contributed by atoms with van der Waals surface area (Å²) >= 11 is 5.18. The topological polar surface area (TPSA) is 45.6 Å². The fourth-order valence-corrected chi connectivity index (χ4v) is 2.32. The molecule has 20 heavy (non-hydrogen) atoms. The highest BCUT2D eigenvalue weighted by atomic mass is 32.1. The lowest BCUT2D eigenvalue weighted by atomic mass is 10.1. The molecule has 0 heterocycles. The molecular formula is C15H21N3OS. The van der Waals surface area contributed by atoms with E-state index in [0.29, 0.717) is 5.11 Å². The van der Waals surface area contributed by atoms with Gasteiger partial charge in [0.1, 0.15) is 0 Å². The minimum absolute atomic E-state index is 0.574. The fraction of sp³-hybridized carbons (Fsp3) is 0.467. The molecule has 0 spiro atoms. The van der Waals surface area contributed by atoms with E-state index < -0.39 is 0 Å². The summed E-state index contributed by atoms with van der Waals surface area (Å²) in [6, 6.07) is 8.45. The summed E-state index contributed by atoms with van der Waals surface area (Å²) < 4.78 is 5.26. The molecule has 0 aliphatic heterocycles. The lowest BCUT2D eigenvalue weighted by molar-refractivity contribution is 0.145. The highest BCUT2D eigenvalue weighted by molar-refractivity contribution is 7.80. The quantitative estimate of drug-likeness (QED) is 0.478. The molecule has 0 saturated carbocycles. The van der Waals surface area contributed by atoms with Gasteiger partial charge in [-0.15, -0.1) is 0 Å². The number of hydrazone groups is 1. The van der Waals surface area contributed by atoms with Crippen molar-refractivity contribution < 1.29 is 4.74 Å². The fourth-order valence-electron chi connectivity index (χ4n) is 2.17. The second-order valence-corrected chi connectivity index (χ2v) is 5.13. The lowest BCUT2D eigenvalue weighted by Gasteiger charge is -2.07. The Balaban J connectivity index is 1.68. The summed E-state index contributed by atoms with van der Waals surface area (Å²) in [5.74, 6) is 0. The van der Waals surface area contributed by atoms with Crippen molar-refractivity contribution in [3.63, 3.8) is 0 Å². The maximum Gasteiger partial charge on any atom is 0.186 e. The second-order valence-electron chi connectivity index (χ2n) is 4.72. The van der Waals surface area contributed by atoms with Crippen molar-refractivity contribution in [2.75, 3.05) is 19.8 Å². The number of nitrogens with zero attached hydrogens (tertiary/aromatic N) is 1. The van der Waals surface area contributed by atoms with Crippen LogP contribution in [-0.4, -0.2) is 30.6 Å². The van der Waals surface area contributed by atoms with Gasteiger partial charge in [0, 0.05) is 38.3 Å². The Morgan fingerprint density at radius 2 is 2.00 bits per heavy atom. The van der Waals surface area contributed by atoms with Crippen LogP contribution in [0.2, 0.25) is 0 Å². The molecular weight excluding hydrogens is 270 g/mol. The first-order valence-corrected chi connectivity index (χ1v) is 7.44. The predicted molar refractivity (Wildman–Crippen MR) is 86.1 cm³/mol. The summed E-state index contributed by atoms with van der Waals surface area (Å²) in [6.07, 6.45) is 2.77. The van der Waals surface area contributed by atoms with E-state index in [0.717, 1.165) is 44.7 Å². The predicted octanol–water partition coefficient (Wildman–Crippen LogP) is 2.03. The van der Waals surface area contributed by atoms with Gasteiger partial charge in [-0.1, -0.05) is 24.3 Å². The SMILES string of the molecule is CCOCCCNC(=S)NN=C1Cc2ccccc2C1. The third-order valence-electron chi connectivity index (χ3n) is 3.18. The number of benzene rings is 1. The first-order chi connectivity index (χ1) is 9.79. The first kappa shape index (κ1) is 14.9. The molecule has 0 atom stereocenters. The summed E-state index contributed by atoms with van der Waals surface area (Å²) in [4.78, 5) is 0. The van der Waals surface area contributed by atoms with Gasteiger partial charge in [0.05, 0.1) is 0 Å². The number of hydrogen-bond acceptors (Lipinski definition) is 3. The second kappa shape index (κ2) is 7.97. The van der Waals surface area contributed by atoms with Gasteiger partial charge in [-0.25, -0.2) is 0 Å². The number of ether oxygens (including phenoxy) is 1. The van der Waals surface area contributed by atoms with E-state index >= 15 is 0 Å². The summed E-state index contributed by atoms with van der Waals surface area (Å²) in [5, 5.41) is 8.08. The van der Waals surface area contributed by atoms with Crippen LogP contribution in [0.3, 0.4) is 0 Å². The Kier molecular flexibility index (Phi) is 5.95. The largest absolute Gasteiger partial charge is 0.382 e. The molecule has 0 saturated heterocycles. The summed E-state index contributed by atoms with van der Waals surface area (Å²) in [5.41, 5.74) is 6.78. The van der Waals surface area contributed by atoms with E-state index in [2.05, 4.69) is 40.1 Å². The minimum atomic E-state index is 0.574. The van der Waals surface area contributed by atoms with Gasteiger partial charge in [0.2, 0.25) is 0 Å². The minimum Gasteiger partial charge on any atom is -0.382 e. The monoisotopic (exact) mass is 291 g/mol. The molecule has 2 N–H and O–H groups in total. The molecule has 5 heteroatoms. The number of hydrogen-bond donors (Lipinski definition) is 2. The van der Waals surface area contributed by atoms with Gasteiger partial charge in [0.15, 0.2) is 5.11 Å². The van der Waals surface area contributed by atoms with Gasteiger partial charge < -0.3 is 10.1 Å². The van der Waals surface area contributed by atoms with E-state index in [1.54, 1.807) is 0 Å². The van der Waals surface area contributed by atoms with Crippen LogP contribution in [0.5, 0.6) is 0 Å². The van der Waals surface area contributed by atoms with E-state index in [4.69, 9.17) is 17.0 Å². The van der Waals surface area contributed by atoms with Crippen molar-refractivity contribution in [2.24, 2.45) is 5.10 Å². The zero-order valence-corrected chi connectivity index (χ0v) is 12.6. The third kappa shape index (κ3) is 4.58. The lowest BCUT2D eigenvalue weighted by Crippen LogP contribution is -2.33. The normalized spacial score (nSPS) is 12.9. The van der Waals surface area contributed by atoms with Gasteiger partial charge in [0.25, 0.3) is 0 Å². The number of nitrogens with one attached hydrogen (secondary N) is 2. The average Bonchev–Trinajstić information content (AvgIpc) is 2.88. The molecule has 0 aromatic heterocycles. The van der Waals surface area contributed by atoms with Crippen LogP contribution in [0.4, 0.5) is 0 Å². The molecule has 1 aliphatic rings. The molecule has 1 aliphatic carbocycles. The molecule has 0 fully saturated rings. The van der Waals surface area contributed by atoms with Crippen LogP contribution >= 0.6 is 12.2 Å². The highest BCUT2D eigenvalue weighted by Gasteiger charge is 2.15. The van der Waals surface area contributed by atoms with Crippen molar-refractivity contribution >= 4 is 23.0 Å². The number of rotatable bonds is 6. The Hall–Kier alpha value is -1.46. The van der Waals surface area contributed by atoms with Crippen LogP contribution in [0, 0.1) is 0 Å². The van der Waals surface area contributed by atoms with E-state index in [9.17, 15) is 0 Å². The maximum absolute atomic E-state index is 5.26. The van der Waals surface area contributed by atoms with Gasteiger partial charge in [-0.2, -0.15) is 5.10 Å². The maximum atomic E-state index is 5.26. The molecule has 1 aromatic carbocycles. The molecule has 2 rings (SSSR count). The molecule has 0 unspecified atom stereocenters. The number of thiocarbonyl (C=S) groups is 1. The van der Waals surface area contributed by atoms with Gasteiger partial charge in [-0.05, 0) is 36.7 Å². The van der Waals surface area contributed by atoms with Crippen LogP contribution in [0.1, 0.15) is 24.5 Å². The highest BCUT2D eigenvalue weighted by Crippen LogP contribution is 2.19. The molecule has 4 nitrogen and oxygen atoms in total. The molecule has 108 valence electrons.